The summed E-state index contributed by atoms with van der Waals surface area (Å²) in [5.41, 5.74) is 0. The number of carbonyl (C=O) groups is 2. The zero-order chi connectivity index (χ0) is 37.7. The van der Waals surface area contributed by atoms with Crippen molar-refractivity contribution in [3.63, 3.8) is 0 Å². The highest BCUT2D eigenvalue weighted by molar-refractivity contribution is 7.46. The maximum absolute atomic E-state index is 12.3. The molecule has 0 saturated carbocycles. The third-order valence-electron chi connectivity index (χ3n) is 7.55. The fourth-order valence-corrected chi connectivity index (χ4v) is 4.89. The fourth-order valence-electron chi connectivity index (χ4n) is 4.53. The Kier molecular flexibility index (Phi) is 33.6. The van der Waals surface area contributed by atoms with Crippen LogP contribution in [0.2, 0.25) is 0 Å². The van der Waals surface area contributed by atoms with Crippen molar-refractivity contribution in [2.75, 3.05) is 13.2 Å². The Morgan fingerprint density at radius 2 is 1.04 bits per heavy atom. The lowest BCUT2D eigenvalue weighted by atomic mass is 10.1. The minimum Gasteiger partial charge on any atom is -0.462 e. The lowest BCUT2D eigenvalue weighted by Crippen LogP contribution is -2.29. The molecule has 51 heavy (non-hydrogen) atoms. The third kappa shape index (κ3) is 38.3. The first-order chi connectivity index (χ1) is 24.7. The van der Waals surface area contributed by atoms with E-state index in [0.717, 1.165) is 70.6 Å². The molecule has 0 amide bonds. The van der Waals surface area contributed by atoms with Gasteiger partial charge in [-0.25, -0.2) is 4.57 Å². The molecule has 0 aromatic carbocycles. The van der Waals surface area contributed by atoms with Gasteiger partial charge >= 0.3 is 19.8 Å². The molecule has 0 spiro atoms. The number of ether oxygens (including phenoxy) is 2. The van der Waals surface area contributed by atoms with Crippen molar-refractivity contribution in [1.29, 1.82) is 0 Å². The van der Waals surface area contributed by atoms with Gasteiger partial charge in [-0.2, -0.15) is 0 Å². The molecule has 0 radical (unpaired) electrons. The van der Waals surface area contributed by atoms with Gasteiger partial charge in [0.25, 0.3) is 0 Å². The molecule has 2 atom stereocenters. The number of hydrogen-bond acceptors (Lipinski definition) is 7. The molecule has 0 rings (SSSR count). The van der Waals surface area contributed by atoms with Gasteiger partial charge in [-0.1, -0.05) is 112 Å². The average molecular weight is 735 g/mol. The summed E-state index contributed by atoms with van der Waals surface area (Å²) >= 11 is 0. The highest BCUT2D eigenvalue weighted by atomic mass is 31.2. The Morgan fingerprint density at radius 3 is 1.53 bits per heavy atom. The fraction of sp³-hybridized carbons (Fsp3) is 0.610. The van der Waals surface area contributed by atoms with E-state index in [2.05, 4.69) is 84.4 Å². The summed E-state index contributed by atoms with van der Waals surface area (Å²) in [5, 5.41) is 9.53. The van der Waals surface area contributed by atoms with Crippen molar-refractivity contribution >= 4 is 19.8 Å². The normalized spacial score (nSPS) is 14.1. The number of esters is 2. The molecule has 0 unspecified atom stereocenters. The Balaban J connectivity index is 4.18. The number of allylic oxidation sites excluding steroid dienone is 14. The van der Waals surface area contributed by atoms with E-state index in [9.17, 15) is 19.3 Å². The number of phosphoric acid groups is 1. The standard InChI is InChI=1S/C41H67O9P/c1-3-5-6-7-8-9-10-11-12-16-19-22-25-28-31-34-40(43)48-36-39(37-49-51(45,46)47)50-41(44)35-32-29-26-23-20-17-14-13-15-18-21-24-27-30-33-38(42)4-2/h8-9,11-12,14-15,17-19,22-24,26-27,38-39,42H,3-7,10,13,16,20-21,25,28-37H2,1-2H3,(H2,45,46,47)/b9-8-,12-11-,17-14-,18-15-,22-19-,26-23-,27-24-/t38-,39-/m1/s1. The number of unbranched alkanes of at least 4 members (excludes halogenated alkanes) is 6. The van der Waals surface area contributed by atoms with Crippen LogP contribution in [0.25, 0.3) is 0 Å². The third-order valence-corrected chi connectivity index (χ3v) is 8.04. The lowest BCUT2D eigenvalue weighted by molar-refractivity contribution is -0.161. The zero-order valence-electron chi connectivity index (χ0n) is 31.3. The van der Waals surface area contributed by atoms with Crippen LogP contribution in [0.4, 0.5) is 0 Å². The molecule has 10 heteroatoms. The number of hydrogen-bond donors (Lipinski definition) is 3. The van der Waals surface area contributed by atoms with E-state index in [-0.39, 0.29) is 25.6 Å². The quantitative estimate of drug-likeness (QED) is 0.0260. The largest absolute Gasteiger partial charge is 0.469 e. The molecule has 0 aromatic heterocycles. The molecular formula is C41H67O9P. The summed E-state index contributed by atoms with van der Waals surface area (Å²) in [7, 11) is -4.79. The lowest BCUT2D eigenvalue weighted by Gasteiger charge is -2.18. The molecule has 0 aliphatic heterocycles. The van der Waals surface area contributed by atoms with Gasteiger partial charge in [0.15, 0.2) is 6.10 Å². The van der Waals surface area contributed by atoms with E-state index in [0.29, 0.717) is 19.3 Å². The zero-order valence-corrected chi connectivity index (χ0v) is 32.2. The predicted octanol–water partition coefficient (Wildman–Crippen LogP) is 10.3. The second-order valence-corrected chi connectivity index (χ2v) is 13.6. The van der Waals surface area contributed by atoms with Crippen molar-refractivity contribution in [2.24, 2.45) is 0 Å². The van der Waals surface area contributed by atoms with Gasteiger partial charge < -0.3 is 24.4 Å². The monoisotopic (exact) mass is 734 g/mol. The van der Waals surface area contributed by atoms with Gasteiger partial charge in [0.1, 0.15) is 6.61 Å². The molecular weight excluding hydrogens is 667 g/mol. The first-order valence-corrected chi connectivity index (χ1v) is 20.5. The SMILES string of the molecule is CCCCC/C=C\C/C=C\C/C=C\CCCCC(=O)OC[C@H](COP(=O)(O)O)OC(=O)CCC/C=C\C/C=C\C/C=C\C/C=C\CC[C@H](O)CC. The minimum absolute atomic E-state index is 0.110. The Morgan fingerprint density at radius 1 is 0.588 bits per heavy atom. The number of aliphatic hydroxyl groups is 1. The summed E-state index contributed by atoms with van der Waals surface area (Å²) in [6, 6.07) is 0. The Bertz CT molecular complexity index is 1110. The van der Waals surface area contributed by atoms with Crippen molar-refractivity contribution in [3.8, 4) is 0 Å². The van der Waals surface area contributed by atoms with Gasteiger partial charge in [0.05, 0.1) is 12.7 Å². The van der Waals surface area contributed by atoms with Crippen molar-refractivity contribution < 1.29 is 43.0 Å². The average Bonchev–Trinajstić information content (AvgIpc) is 3.10. The molecule has 0 heterocycles. The highest BCUT2D eigenvalue weighted by Gasteiger charge is 2.22. The van der Waals surface area contributed by atoms with Crippen LogP contribution in [0, 0.1) is 0 Å². The van der Waals surface area contributed by atoms with Gasteiger partial charge in [0, 0.05) is 12.8 Å². The summed E-state index contributed by atoms with van der Waals surface area (Å²) in [5.74, 6) is -1.02. The van der Waals surface area contributed by atoms with Crippen LogP contribution in [0.1, 0.15) is 136 Å². The molecule has 0 saturated heterocycles. The van der Waals surface area contributed by atoms with Crippen molar-refractivity contribution in [1.82, 2.24) is 0 Å². The van der Waals surface area contributed by atoms with Gasteiger partial charge in [-0.3, -0.25) is 14.1 Å². The van der Waals surface area contributed by atoms with E-state index >= 15 is 0 Å². The van der Waals surface area contributed by atoms with Crippen LogP contribution in [0.3, 0.4) is 0 Å². The number of aliphatic hydroxyl groups excluding tert-OH is 1. The highest BCUT2D eigenvalue weighted by Crippen LogP contribution is 2.35. The Labute approximate surface area is 308 Å². The van der Waals surface area contributed by atoms with Crippen LogP contribution in [-0.4, -0.2) is 52.3 Å². The van der Waals surface area contributed by atoms with Crippen molar-refractivity contribution in [2.45, 2.75) is 148 Å². The van der Waals surface area contributed by atoms with Crippen LogP contribution in [0.5, 0.6) is 0 Å². The summed E-state index contributed by atoms with van der Waals surface area (Å²) in [6.07, 6.45) is 44.0. The second-order valence-electron chi connectivity index (χ2n) is 12.3. The van der Waals surface area contributed by atoms with E-state index < -0.39 is 32.5 Å². The second kappa shape index (κ2) is 35.6. The maximum atomic E-state index is 12.3. The van der Waals surface area contributed by atoms with Gasteiger partial charge in [0.2, 0.25) is 0 Å². The smallest absolute Gasteiger partial charge is 0.462 e. The van der Waals surface area contributed by atoms with Crippen LogP contribution in [0.15, 0.2) is 85.1 Å². The summed E-state index contributed by atoms with van der Waals surface area (Å²) < 4.78 is 26.2. The number of phosphoric ester groups is 1. The number of carbonyl (C=O) groups excluding carboxylic acids is 2. The predicted molar refractivity (Wildman–Crippen MR) is 208 cm³/mol. The first-order valence-electron chi connectivity index (χ1n) is 19.0. The number of rotatable bonds is 33. The first kappa shape index (κ1) is 48.2. The summed E-state index contributed by atoms with van der Waals surface area (Å²) in [6.45, 7) is 3.27. The molecule has 0 bridgehead atoms. The van der Waals surface area contributed by atoms with E-state index in [4.69, 9.17) is 19.3 Å². The maximum Gasteiger partial charge on any atom is 0.469 e. The van der Waals surface area contributed by atoms with Crippen LogP contribution in [-0.2, 0) is 28.2 Å². The van der Waals surface area contributed by atoms with Crippen molar-refractivity contribution in [3.05, 3.63) is 85.1 Å². The summed E-state index contributed by atoms with van der Waals surface area (Å²) in [4.78, 5) is 42.7. The van der Waals surface area contributed by atoms with E-state index in [1.54, 1.807) is 0 Å². The Hall–Kier alpha value is -2.81. The molecule has 0 aromatic rings. The van der Waals surface area contributed by atoms with Gasteiger partial charge in [-0.05, 0) is 96.3 Å². The van der Waals surface area contributed by atoms with E-state index in [1.165, 1.54) is 19.3 Å². The molecule has 0 fully saturated rings. The molecule has 3 N–H and O–H groups in total. The topological polar surface area (TPSA) is 140 Å². The molecule has 290 valence electrons. The van der Waals surface area contributed by atoms with E-state index in [1.807, 2.05) is 19.1 Å². The van der Waals surface area contributed by atoms with Crippen LogP contribution < -0.4 is 0 Å². The van der Waals surface area contributed by atoms with Crippen LogP contribution >= 0.6 is 7.82 Å². The molecule has 0 aliphatic carbocycles. The molecule has 0 aliphatic rings. The molecule has 9 nitrogen and oxygen atoms in total. The van der Waals surface area contributed by atoms with Gasteiger partial charge in [-0.15, -0.1) is 0 Å². The minimum atomic E-state index is -4.79.